The van der Waals surface area contributed by atoms with Crippen LogP contribution in [0.2, 0.25) is 0 Å². The van der Waals surface area contributed by atoms with Crippen LogP contribution in [0.25, 0.3) is 0 Å². The zero-order chi connectivity index (χ0) is 23.1. The van der Waals surface area contributed by atoms with Crippen LogP contribution >= 0.6 is 0 Å². The fourth-order valence-electron chi connectivity index (χ4n) is 6.11. The van der Waals surface area contributed by atoms with Crippen molar-refractivity contribution >= 4 is 23.6 Å². The minimum atomic E-state index is -0.159. The number of aromatic amines is 1. The number of fused-ring (bicyclic) bond motifs is 1. The molecule has 4 aliphatic rings. The highest BCUT2D eigenvalue weighted by molar-refractivity contribution is 5.85. The van der Waals surface area contributed by atoms with Crippen LogP contribution in [-0.4, -0.2) is 81.5 Å². The number of carbonyl (C=O) groups is 1. The SMILES string of the molecule is CN1CCN(C(=O)C2CCCN2c2nc3c(c(Nc4ncc(C5CCCC5)[nH]4)n2)CCC3)CC1. The van der Waals surface area contributed by atoms with Gasteiger partial charge in [-0.05, 0) is 52.0 Å². The first-order valence-corrected chi connectivity index (χ1v) is 13.1. The van der Waals surface area contributed by atoms with Crippen molar-refractivity contribution in [1.29, 1.82) is 0 Å². The van der Waals surface area contributed by atoms with Gasteiger partial charge in [0.1, 0.15) is 11.9 Å². The van der Waals surface area contributed by atoms with Crippen LogP contribution in [0.4, 0.5) is 17.7 Å². The largest absolute Gasteiger partial charge is 0.338 e. The molecular formula is C25H36N8O. The number of carbonyl (C=O) groups excluding carboxylic acids is 1. The Labute approximate surface area is 201 Å². The summed E-state index contributed by atoms with van der Waals surface area (Å²) >= 11 is 0. The van der Waals surface area contributed by atoms with Gasteiger partial charge in [0.15, 0.2) is 0 Å². The summed E-state index contributed by atoms with van der Waals surface area (Å²) in [5, 5.41) is 3.48. The number of nitrogens with one attached hydrogen (secondary N) is 2. The molecule has 4 heterocycles. The lowest BCUT2D eigenvalue weighted by Crippen LogP contribution is -2.53. The molecule has 1 atom stereocenters. The second kappa shape index (κ2) is 9.17. The first kappa shape index (κ1) is 21.8. The Morgan fingerprint density at radius 1 is 1.00 bits per heavy atom. The van der Waals surface area contributed by atoms with E-state index in [9.17, 15) is 4.79 Å². The molecule has 1 amide bonds. The average Bonchev–Trinajstić information content (AvgIpc) is 3.65. The van der Waals surface area contributed by atoms with Gasteiger partial charge in [0.25, 0.3) is 0 Å². The summed E-state index contributed by atoms with van der Waals surface area (Å²) in [5.74, 6) is 3.13. The number of likely N-dealkylation sites (N-methyl/N-ethyl adjacent to an activating group) is 1. The molecule has 2 saturated heterocycles. The van der Waals surface area contributed by atoms with E-state index in [1.807, 2.05) is 11.1 Å². The highest BCUT2D eigenvalue weighted by atomic mass is 16.2. The van der Waals surface area contributed by atoms with E-state index in [0.717, 1.165) is 82.3 Å². The van der Waals surface area contributed by atoms with E-state index in [4.69, 9.17) is 9.97 Å². The van der Waals surface area contributed by atoms with E-state index in [-0.39, 0.29) is 11.9 Å². The topological polar surface area (TPSA) is 93.3 Å². The van der Waals surface area contributed by atoms with Crippen molar-refractivity contribution in [2.24, 2.45) is 0 Å². The molecule has 34 heavy (non-hydrogen) atoms. The molecule has 2 aromatic rings. The zero-order valence-electron chi connectivity index (χ0n) is 20.2. The summed E-state index contributed by atoms with van der Waals surface area (Å²) in [6.45, 7) is 4.31. The molecule has 0 bridgehead atoms. The van der Waals surface area contributed by atoms with Crippen molar-refractivity contribution in [1.82, 2.24) is 29.7 Å². The Bertz CT molecular complexity index is 1040. The molecule has 9 heteroatoms. The Kier molecular flexibility index (Phi) is 5.89. The quantitative estimate of drug-likeness (QED) is 0.703. The third-order valence-electron chi connectivity index (χ3n) is 8.16. The molecule has 1 saturated carbocycles. The van der Waals surface area contributed by atoms with Gasteiger partial charge in [-0.25, -0.2) is 9.97 Å². The highest BCUT2D eigenvalue weighted by Gasteiger charge is 2.37. The number of anilines is 3. The molecule has 3 fully saturated rings. The van der Waals surface area contributed by atoms with Crippen LogP contribution in [0.15, 0.2) is 6.20 Å². The lowest BCUT2D eigenvalue weighted by molar-refractivity contribution is -0.134. The van der Waals surface area contributed by atoms with Crippen LogP contribution in [0.5, 0.6) is 0 Å². The van der Waals surface area contributed by atoms with E-state index in [2.05, 4.69) is 32.1 Å². The fourth-order valence-corrected chi connectivity index (χ4v) is 6.11. The lowest BCUT2D eigenvalue weighted by atomic mass is 10.1. The second-order valence-corrected chi connectivity index (χ2v) is 10.4. The number of rotatable bonds is 5. The van der Waals surface area contributed by atoms with Crippen LogP contribution < -0.4 is 10.2 Å². The van der Waals surface area contributed by atoms with E-state index in [0.29, 0.717) is 11.9 Å². The zero-order valence-corrected chi connectivity index (χ0v) is 20.2. The molecule has 1 unspecified atom stereocenters. The predicted octanol–water partition coefficient (Wildman–Crippen LogP) is 2.83. The first-order chi connectivity index (χ1) is 16.7. The standard InChI is InChI=1S/C25H36N8O/c1-31-12-14-32(15-13-31)23(34)21-10-5-11-33(21)25-28-19-9-4-8-18(19)22(30-25)29-24-26-16-20(27-24)17-6-2-3-7-17/h16-17,21H,2-15H2,1H3,(H2,26,27,28,29,30). The smallest absolute Gasteiger partial charge is 0.245 e. The molecular weight excluding hydrogens is 428 g/mol. The van der Waals surface area contributed by atoms with Crippen molar-refractivity contribution in [2.75, 3.05) is 50.0 Å². The van der Waals surface area contributed by atoms with Gasteiger partial charge in [-0.1, -0.05) is 12.8 Å². The summed E-state index contributed by atoms with van der Waals surface area (Å²) in [6.07, 6.45) is 12.0. The summed E-state index contributed by atoms with van der Waals surface area (Å²) in [7, 11) is 2.12. The van der Waals surface area contributed by atoms with Gasteiger partial charge in [0.2, 0.25) is 17.8 Å². The van der Waals surface area contributed by atoms with Gasteiger partial charge in [-0.2, -0.15) is 4.98 Å². The van der Waals surface area contributed by atoms with Gasteiger partial charge < -0.3 is 25.0 Å². The molecule has 182 valence electrons. The summed E-state index contributed by atoms with van der Waals surface area (Å²) in [6, 6.07) is -0.159. The normalized spacial score (nSPS) is 23.6. The number of H-pyrrole nitrogens is 1. The number of hydrogen-bond acceptors (Lipinski definition) is 7. The van der Waals surface area contributed by atoms with Crippen molar-refractivity contribution < 1.29 is 4.79 Å². The number of aromatic nitrogens is 4. The minimum Gasteiger partial charge on any atom is -0.338 e. The maximum atomic E-state index is 13.4. The average molecular weight is 465 g/mol. The molecule has 2 N–H and O–H groups in total. The third-order valence-corrected chi connectivity index (χ3v) is 8.16. The van der Waals surface area contributed by atoms with Crippen LogP contribution in [-0.2, 0) is 17.6 Å². The predicted molar refractivity (Wildman–Crippen MR) is 132 cm³/mol. The highest BCUT2D eigenvalue weighted by Crippen LogP contribution is 2.35. The lowest BCUT2D eigenvalue weighted by Gasteiger charge is -2.36. The van der Waals surface area contributed by atoms with Gasteiger partial charge in [-0.3, -0.25) is 4.79 Å². The summed E-state index contributed by atoms with van der Waals surface area (Å²) in [5.41, 5.74) is 3.54. The van der Waals surface area contributed by atoms with Gasteiger partial charge in [-0.15, -0.1) is 0 Å². The Morgan fingerprint density at radius 2 is 1.82 bits per heavy atom. The molecule has 6 rings (SSSR count). The monoisotopic (exact) mass is 464 g/mol. The third kappa shape index (κ3) is 4.15. The summed E-state index contributed by atoms with van der Waals surface area (Å²) in [4.78, 5) is 37.9. The molecule has 2 aromatic heterocycles. The van der Waals surface area contributed by atoms with E-state index in [1.165, 1.54) is 36.9 Å². The molecule has 2 aliphatic carbocycles. The number of piperazine rings is 1. The molecule has 0 aromatic carbocycles. The second-order valence-electron chi connectivity index (χ2n) is 10.4. The Morgan fingerprint density at radius 3 is 2.65 bits per heavy atom. The van der Waals surface area contributed by atoms with Gasteiger partial charge in [0, 0.05) is 49.9 Å². The van der Waals surface area contributed by atoms with Crippen LogP contribution in [0, 0.1) is 0 Å². The van der Waals surface area contributed by atoms with Crippen molar-refractivity contribution in [2.45, 2.75) is 69.7 Å². The van der Waals surface area contributed by atoms with Crippen molar-refractivity contribution in [3.8, 4) is 0 Å². The number of hydrogen-bond donors (Lipinski definition) is 2. The van der Waals surface area contributed by atoms with E-state index >= 15 is 0 Å². The maximum Gasteiger partial charge on any atom is 0.245 e. The van der Waals surface area contributed by atoms with Crippen LogP contribution in [0.1, 0.15) is 67.8 Å². The Balaban J connectivity index is 1.24. The molecule has 2 aliphatic heterocycles. The van der Waals surface area contributed by atoms with E-state index < -0.39 is 0 Å². The number of nitrogens with zero attached hydrogens (tertiary/aromatic N) is 6. The van der Waals surface area contributed by atoms with E-state index in [1.54, 1.807) is 0 Å². The Hall–Kier alpha value is -2.68. The number of amides is 1. The minimum absolute atomic E-state index is 0.159. The molecule has 0 spiro atoms. The van der Waals surface area contributed by atoms with Crippen molar-refractivity contribution in [3.63, 3.8) is 0 Å². The first-order valence-electron chi connectivity index (χ1n) is 13.1. The van der Waals surface area contributed by atoms with Gasteiger partial charge in [0.05, 0.1) is 11.9 Å². The van der Waals surface area contributed by atoms with Crippen LogP contribution in [0.3, 0.4) is 0 Å². The number of aryl methyl sites for hydroxylation is 1. The van der Waals surface area contributed by atoms with Gasteiger partial charge >= 0.3 is 0 Å². The molecule has 0 radical (unpaired) electrons. The summed E-state index contributed by atoms with van der Waals surface area (Å²) < 4.78 is 0. The van der Waals surface area contributed by atoms with Crippen molar-refractivity contribution in [3.05, 3.63) is 23.1 Å². The molecule has 9 nitrogen and oxygen atoms in total. The fraction of sp³-hybridized carbons (Fsp3) is 0.680. The maximum absolute atomic E-state index is 13.4. The number of imidazole rings is 1.